The van der Waals surface area contributed by atoms with Crippen LogP contribution in [0.1, 0.15) is 24.7 Å². The highest BCUT2D eigenvalue weighted by Gasteiger charge is 2.28. The van der Waals surface area contributed by atoms with Gasteiger partial charge in [-0.05, 0) is 49.7 Å². The first-order valence-electron chi connectivity index (χ1n) is 13.2. The van der Waals surface area contributed by atoms with Crippen LogP contribution in [0.5, 0.6) is 5.88 Å². The van der Waals surface area contributed by atoms with Crippen LogP contribution < -0.4 is 9.64 Å². The molecule has 6 rings (SSSR count). The zero-order valence-electron chi connectivity index (χ0n) is 21.7. The average Bonchev–Trinajstić information content (AvgIpc) is 3.24. The first-order chi connectivity index (χ1) is 18.9. The molecule has 2 atom stereocenters. The number of fused-ring (bicyclic) bond motifs is 1. The second-order valence-electron chi connectivity index (χ2n) is 10.2. The molecule has 2 saturated heterocycles. The zero-order chi connectivity index (χ0) is 26.9. The van der Waals surface area contributed by atoms with Gasteiger partial charge in [-0.2, -0.15) is 4.98 Å². The molecular formula is C29H30F3N5O2. The molecule has 0 amide bonds. The summed E-state index contributed by atoms with van der Waals surface area (Å²) < 4.78 is 55.1. The lowest BCUT2D eigenvalue weighted by atomic mass is 10.1. The van der Waals surface area contributed by atoms with Crippen molar-refractivity contribution in [3.8, 4) is 5.88 Å². The number of pyridine rings is 1. The fourth-order valence-electron chi connectivity index (χ4n) is 5.18. The van der Waals surface area contributed by atoms with Gasteiger partial charge in [0.25, 0.3) is 5.88 Å². The molecule has 2 fully saturated rings. The molecule has 2 aliphatic heterocycles. The van der Waals surface area contributed by atoms with Gasteiger partial charge in [-0.15, -0.1) is 0 Å². The van der Waals surface area contributed by atoms with Crippen LogP contribution >= 0.6 is 0 Å². The Morgan fingerprint density at radius 1 is 1.00 bits per heavy atom. The van der Waals surface area contributed by atoms with Crippen LogP contribution in [-0.4, -0.2) is 57.8 Å². The van der Waals surface area contributed by atoms with Gasteiger partial charge in [-0.25, -0.2) is 18.2 Å². The summed E-state index contributed by atoms with van der Waals surface area (Å²) >= 11 is 0. The Bertz CT molecular complexity index is 1470. The minimum Gasteiger partial charge on any atom is -0.471 e. The predicted molar refractivity (Wildman–Crippen MR) is 141 cm³/mol. The Balaban J connectivity index is 1.13. The summed E-state index contributed by atoms with van der Waals surface area (Å²) in [7, 11) is 0. The van der Waals surface area contributed by atoms with E-state index in [0.29, 0.717) is 25.5 Å². The van der Waals surface area contributed by atoms with E-state index in [1.54, 1.807) is 6.07 Å². The Kier molecular flexibility index (Phi) is 7.14. The molecule has 0 unspecified atom stereocenters. The number of rotatable bonds is 8. The van der Waals surface area contributed by atoms with E-state index in [1.165, 1.54) is 12.1 Å². The second-order valence-corrected chi connectivity index (χ2v) is 10.2. The van der Waals surface area contributed by atoms with Gasteiger partial charge >= 0.3 is 0 Å². The first kappa shape index (κ1) is 25.6. The maximum absolute atomic E-state index is 14.4. The summed E-state index contributed by atoms with van der Waals surface area (Å²) in [6.45, 7) is 6.40. The summed E-state index contributed by atoms with van der Waals surface area (Å²) in [5.41, 5.74) is 2.24. The number of anilines is 1. The van der Waals surface area contributed by atoms with Crippen molar-refractivity contribution in [3.63, 3.8) is 0 Å². The highest BCUT2D eigenvalue weighted by molar-refractivity contribution is 5.75. The number of para-hydroxylation sites is 2. The van der Waals surface area contributed by atoms with E-state index in [2.05, 4.69) is 32.3 Å². The summed E-state index contributed by atoms with van der Waals surface area (Å²) in [6, 6.07) is 14.5. The Morgan fingerprint density at radius 3 is 2.62 bits per heavy atom. The zero-order valence-corrected chi connectivity index (χ0v) is 21.7. The highest BCUT2D eigenvalue weighted by atomic mass is 19.1. The van der Waals surface area contributed by atoms with Crippen molar-refractivity contribution in [2.45, 2.75) is 45.2 Å². The number of piperazine rings is 1. The van der Waals surface area contributed by atoms with Crippen molar-refractivity contribution in [3.05, 3.63) is 83.4 Å². The summed E-state index contributed by atoms with van der Waals surface area (Å²) in [4.78, 5) is 13.8. The van der Waals surface area contributed by atoms with Crippen molar-refractivity contribution in [2.75, 3.05) is 31.1 Å². The van der Waals surface area contributed by atoms with Crippen molar-refractivity contribution >= 4 is 16.9 Å². The van der Waals surface area contributed by atoms with Gasteiger partial charge in [-0.1, -0.05) is 12.1 Å². The third kappa shape index (κ3) is 5.44. The van der Waals surface area contributed by atoms with Crippen LogP contribution in [0.15, 0.2) is 54.6 Å². The van der Waals surface area contributed by atoms with E-state index in [9.17, 15) is 13.2 Å². The van der Waals surface area contributed by atoms with E-state index >= 15 is 0 Å². The number of halogens is 3. The van der Waals surface area contributed by atoms with E-state index < -0.39 is 17.5 Å². The largest absolute Gasteiger partial charge is 0.471 e. The van der Waals surface area contributed by atoms with E-state index in [0.717, 1.165) is 55.1 Å². The van der Waals surface area contributed by atoms with Crippen LogP contribution in [-0.2, 0) is 24.4 Å². The van der Waals surface area contributed by atoms with Crippen LogP contribution in [0.25, 0.3) is 11.0 Å². The normalized spacial score (nSPS) is 19.8. The van der Waals surface area contributed by atoms with Gasteiger partial charge < -0.3 is 18.9 Å². The van der Waals surface area contributed by atoms with Crippen molar-refractivity contribution in [1.82, 2.24) is 19.4 Å². The minimum atomic E-state index is -0.745. The van der Waals surface area contributed by atoms with Crippen molar-refractivity contribution < 1.29 is 22.6 Å². The predicted octanol–water partition coefficient (Wildman–Crippen LogP) is 4.93. The molecule has 2 aliphatic rings. The maximum atomic E-state index is 14.4. The van der Waals surface area contributed by atoms with Crippen LogP contribution in [0, 0.1) is 17.5 Å². The standard InChI is InChI=1S/C29H30F3N5O2/c1-19-15-36(27-9-8-23(31)29(34-27)39-18-20-6-7-21(30)14-24(20)32)12-11-35(19)17-28-33-25-4-2-3-5-26(25)37(28)16-22-10-13-38-22/h2-9,14,19,22H,10-13,15-18H2,1H3/t19-,22-/m0/s1. The van der Waals surface area contributed by atoms with E-state index in [1.807, 2.05) is 18.2 Å². The Hall–Kier alpha value is -3.63. The fourth-order valence-corrected chi connectivity index (χ4v) is 5.18. The topological polar surface area (TPSA) is 55.7 Å². The lowest BCUT2D eigenvalue weighted by molar-refractivity contribution is -0.0592. The smallest absolute Gasteiger partial charge is 0.252 e. The third-order valence-electron chi connectivity index (χ3n) is 7.53. The van der Waals surface area contributed by atoms with Gasteiger partial charge in [0.1, 0.15) is 29.9 Å². The molecule has 4 heterocycles. The molecule has 4 aromatic rings. The molecule has 2 aromatic heterocycles. The summed E-state index contributed by atoms with van der Waals surface area (Å²) in [5.74, 6) is -0.659. The van der Waals surface area contributed by atoms with Crippen molar-refractivity contribution in [2.24, 2.45) is 0 Å². The number of hydrogen-bond donors (Lipinski definition) is 0. The molecule has 7 nitrogen and oxygen atoms in total. The molecule has 0 radical (unpaired) electrons. The molecule has 39 heavy (non-hydrogen) atoms. The van der Waals surface area contributed by atoms with Crippen LogP contribution in [0.2, 0.25) is 0 Å². The SMILES string of the molecule is C[C@H]1CN(c2ccc(F)c(OCc3ccc(F)cc3F)n2)CCN1Cc1nc2ccccc2n1C[C@@H]1CCO1. The summed E-state index contributed by atoms with van der Waals surface area (Å²) in [6.07, 6.45) is 1.30. The number of benzene rings is 2. The number of ether oxygens (including phenoxy) is 2. The molecule has 2 aromatic carbocycles. The van der Waals surface area contributed by atoms with E-state index in [-0.39, 0.29) is 30.2 Å². The monoisotopic (exact) mass is 537 g/mol. The molecule has 0 saturated carbocycles. The lowest BCUT2D eigenvalue weighted by Crippen LogP contribution is -2.52. The quantitative estimate of drug-likeness (QED) is 0.318. The van der Waals surface area contributed by atoms with Gasteiger partial charge in [0.2, 0.25) is 0 Å². The number of nitrogens with zero attached hydrogens (tertiary/aromatic N) is 5. The fraction of sp³-hybridized carbons (Fsp3) is 0.379. The molecule has 0 bridgehead atoms. The Morgan fingerprint density at radius 2 is 1.85 bits per heavy atom. The number of hydrogen-bond acceptors (Lipinski definition) is 6. The van der Waals surface area contributed by atoms with Gasteiger partial charge in [0, 0.05) is 43.9 Å². The molecule has 0 aliphatic carbocycles. The highest BCUT2D eigenvalue weighted by Crippen LogP contribution is 2.26. The second kappa shape index (κ2) is 10.9. The first-order valence-corrected chi connectivity index (χ1v) is 13.2. The molecular weight excluding hydrogens is 507 g/mol. The Labute approximate surface area is 224 Å². The van der Waals surface area contributed by atoms with Crippen LogP contribution in [0.3, 0.4) is 0 Å². The van der Waals surface area contributed by atoms with Gasteiger partial charge in [0.15, 0.2) is 5.82 Å². The molecule has 0 spiro atoms. The molecule has 10 heteroatoms. The molecule has 0 N–H and O–H groups in total. The maximum Gasteiger partial charge on any atom is 0.252 e. The van der Waals surface area contributed by atoms with Crippen LogP contribution in [0.4, 0.5) is 19.0 Å². The van der Waals surface area contributed by atoms with Gasteiger partial charge in [-0.3, -0.25) is 4.90 Å². The summed E-state index contributed by atoms with van der Waals surface area (Å²) in [5, 5.41) is 0. The number of aromatic nitrogens is 3. The minimum absolute atomic E-state index is 0.125. The number of imidazole rings is 1. The van der Waals surface area contributed by atoms with E-state index in [4.69, 9.17) is 14.5 Å². The van der Waals surface area contributed by atoms with Gasteiger partial charge in [0.05, 0.1) is 30.2 Å². The third-order valence-corrected chi connectivity index (χ3v) is 7.53. The lowest BCUT2D eigenvalue weighted by Gasteiger charge is -2.40. The average molecular weight is 538 g/mol. The van der Waals surface area contributed by atoms with Crippen molar-refractivity contribution in [1.29, 1.82) is 0 Å². The molecule has 204 valence electrons.